The molecule has 136 valence electrons. The highest BCUT2D eigenvalue weighted by molar-refractivity contribution is 6.00. The van der Waals surface area contributed by atoms with Crippen molar-refractivity contribution >= 4 is 28.7 Å². The minimum atomic E-state index is -0.513. The van der Waals surface area contributed by atoms with Gasteiger partial charge in [-0.3, -0.25) is 19.8 Å². The van der Waals surface area contributed by atoms with Crippen LogP contribution in [0.15, 0.2) is 78.9 Å². The molecule has 0 saturated carbocycles. The Bertz CT molecular complexity index is 904. The van der Waals surface area contributed by atoms with E-state index in [2.05, 4.69) is 0 Å². The number of rotatable bonds is 6. The maximum atomic E-state index is 13.0. The second-order valence-corrected chi connectivity index (χ2v) is 6.05. The maximum absolute atomic E-state index is 13.0. The molecule has 3 aromatic rings. The number of nitrogen functional groups attached to an aromatic ring is 1. The number of nitro groups is 1. The molecule has 0 aromatic heterocycles. The molecule has 6 heteroatoms. The van der Waals surface area contributed by atoms with Gasteiger partial charge in [0.25, 0.3) is 5.69 Å². The van der Waals surface area contributed by atoms with Crippen LogP contribution in [0.2, 0.25) is 0 Å². The van der Waals surface area contributed by atoms with Crippen molar-refractivity contribution in [1.29, 1.82) is 0 Å². The molecule has 1 amide bonds. The van der Waals surface area contributed by atoms with Crippen LogP contribution in [0.3, 0.4) is 0 Å². The number of nitrogens with zero attached hydrogens (tertiary/aromatic N) is 2. The van der Waals surface area contributed by atoms with Gasteiger partial charge in [0.05, 0.1) is 4.92 Å². The number of nitro benzene ring substituents is 1. The van der Waals surface area contributed by atoms with Gasteiger partial charge in [-0.05, 0) is 42.3 Å². The largest absolute Gasteiger partial charge is 0.393 e. The lowest BCUT2D eigenvalue weighted by molar-refractivity contribution is -0.384. The Morgan fingerprint density at radius 2 is 1.48 bits per heavy atom. The molecule has 6 nitrogen and oxygen atoms in total. The van der Waals surface area contributed by atoms with Crippen LogP contribution in [0, 0.1) is 10.1 Å². The molecule has 27 heavy (non-hydrogen) atoms. The third-order valence-corrected chi connectivity index (χ3v) is 4.20. The number of carbonyl (C=O) groups excluding carboxylic acids is 1. The van der Waals surface area contributed by atoms with Crippen LogP contribution in [0.25, 0.3) is 0 Å². The van der Waals surface area contributed by atoms with E-state index in [9.17, 15) is 14.9 Å². The second kappa shape index (κ2) is 8.14. The molecule has 0 aliphatic carbocycles. The summed E-state index contributed by atoms with van der Waals surface area (Å²) in [6, 6.07) is 23.4. The Morgan fingerprint density at radius 3 is 2.00 bits per heavy atom. The fourth-order valence-electron chi connectivity index (χ4n) is 2.86. The van der Waals surface area contributed by atoms with E-state index in [1.165, 1.54) is 12.1 Å². The zero-order valence-corrected chi connectivity index (χ0v) is 14.6. The van der Waals surface area contributed by atoms with Crippen LogP contribution >= 0.6 is 0 Å². The second-order valence-electron chi connectivity index (χ2n) is 6.05. The number of nitrogens with two attached hydrogens (primary N) is 1. The molecule has 0 aliphatic rings. The average molecular weight is 361 g/mol. The molecule has 3 rings (SSSR count). The topological polar surface area (TPSA) is 89.5 Å². The summed E-state index contributed by atoms with van der Waals surface area (Å²) in [4.78, 5) is 25.2. The minimum absolute atomic E-state index is 0.0909. The van der Waals surface area contributed by atoms with E-state index in [0.29, 0.717) is 12.0 Å². The highest BCUT2D eigenvalue weighted by Gasteiger charge is 2.18. The molecule has 0 unspecified atom stereocenters. The fourth-order valence-corrected chi connectivity index (χ4v) is 2.86. The molecule has 0 radical (unpaired) electrons. The Kier molecular flexibility index (Phi) is 5.47. The Balaban J connectivity index is 1.82. The molecule has 0 aliphatic heterocycles. The van der Waals surface area contributed by atoms with Gasteiger partial charge in [0.15, 0.2) is 0 Å². The van der Waals surface area contributed by atoms with E-state index in [-0.39, 0.29) is 23.7 Å². The molecule has 0 spiro atoms. The van der Waals surface area contributed by atoms with Gasteiger partial charge in [-0.15, -0.1) is 0 Å². The molecular weight excluding hydrogens is 342 g/mol. The van der Waals surface area contributed by atoms with E-state index in [0.717, 1.165) is 11.4 Å². The monoisotopic (exact) mass is 361 g/mol. The van der Waals surface area contributed by atoms with Crippen molar-refractivity contribution < 1.29 is 9.72 Å². The van der Waals surface area contributed by atoms with Crippen LogP contribution in [0.5, 0.6) is 0 Å². The van der Waals surface area contributed by atoms with Gasteiger partial charge in [-0.2, -0.15) is 0 Å². The van der Waals surface area contributed by atoms with Gasteiger partial charge >= 0.3 is 0 Å². The molecule has 0 atom stereocenters. The normalized spacial score (nSPS) is 10.4. The van der Waals surface area contributed by atoms with Gasteiger partial charge in [-0.1, -0.05) is 42.5 Å². The van der Waals surface area contributed by atoms with E-state index in [4.69, 9.17) is 5.73 Å². The fraction of sp³-hybridized carbons (Fsp3) is 0.0952. The molecule has 0 heterocycles. The van der Waals surface area contributed by atoms with Gasteiger partial charge < -0.3 is 5.73 Å². The van der Waals surface area contributed by atoms with Crippen LogP contribution in [0.4, 0.5) is 22.7 Å². The van der Waals surface area contributed by atoms with Gasteiger partial charge in [0.1, 0.15) is 5.69 Å². The third-order valence-electron chi connectivity index (χ3n) is 4.20. The number of carbonyl (C=O) groups is 1. The summed E-state index contributed by atoms with van der Waals surface area (Å²) in [6.45, 7) is 0. The first-order valence-electron chi connectivity index (χ1n) is 8.52. The van der Waals surface area contributed by atoms with Crippen molar-refractivity contribution in [1.82, 2.24) is 0 Å². The minimum Gasteiger partial charge on any atom is -0.393 e. The van der Waals surface area contributed by atoms with E-state index >= 15 is 0 Å². The number of aryl methyl sites for hydroxylation is 1. The van der Waals surface area contributed by atoms with Crippen molar-refractivity contribution in [2.75, 3.05) is 10.6 Å². The van der Waals surface area contributed by atoms with Gasteiger partial charge in [-0.25, -0.2) is 0 Å². The predicted molar refractivity (Wildman–Crippen MR) is 106 cm³/mol. The van der Waals surface area contributed by atoms with Crippen molar-refractivity contribution in [3.05, 3.63) is 94.5 Å². The molecule has 3 aromatic carbocycles. The number of hydrogen-bond acceptors (Lipinski definition) is 4. The smallest absolute Gasteiger partial charge is 0.292 e. The van der Waals surface area contributed by atoms with Crippen molar-refractivity contribution in [3.63, 3.8) is 0 Å². The maximum Gasteiger partial charge on any atom is 0.292 e. The summed E-state index contributed by atoms with van der Waals surface area (Å²) in [6.07, 6.45) is 0.598. The average Bonchev–Trinajstić information content (AvgIpc) is 2.69. The highest BCUT2D eigenvalue weighted by Crippen LogP contribution is 2.27. The van der Waals surface area contributed by atoms with E-state index < -0.39 is 4.92 Å². The lowest BCUT2D eigenvalue weighted by Gasteiger charge is -2.23. The Hall–Kier alpha value is -3.67. The highest BCUT2D eigenvalue weighted by atomic mass is 16.6. The molecular formula is C21H19N3O3. The zero-order chi connectivity index (χ0) is 19.2. The van der Waals surface area contributed by atoms with Crippen LogP contribution < -0.4 is 10.6 Å². The summed E-state index contributed by atoms with van der Waals surface area (Å²) in [7, 11) is 0. The van der Waals surface area contributed by atoms with Crippen molar-refractivity contribution in [2.45, 2.75) is 12.8 Å². The first kappa shape index (κ1) is 18.1. The molecule has 0 fully saturated rings. The summed E-state index contributed by atoms with van der Waals surface area (Å²) in [5, 5.41) is 11.0. The molecule has 2 N–H and O–H groups in total. The summed E-state index contributed by atoms with van der Waals surface area (Å²) >= 11 is 0. The molecule has 0 bridgehead atoms. The van der Waals surface area contributed by atoms with Crippen LogP contribution in [-0.2, 0) is 11.2 Å². The summed E-state index contributed by atoms with van der Waals surface area (Å²) in [5.41, 5.74) is 7.86. The number of amides is 1. The number of anilines is 3. The quantitative estimate of drug-likeness (QED) is 0.398. The summed E-state index contributed by atoms with van der Waals surface area (Å²) in [5.74, 6) is -0.0909. The third kappa shape index (κ3) is 4.30. The predicted octanol–water partition coefficient (Wildman–Crippen LogP) is 4.47. The standard InChI is InChI=1S/C21H19N3O3/c22-19-13-11-16(15-20(19)24(26)27)12-14-21(25)23(17-7-3-1-4-8-17)18-9-5-2-6-10-18/h1-11,13,15H,12,14,22H2. The lowest BCUT2D eigenvalue weighted by atomic mass is 10.1. The lowest BCUT2D eigenvalue weighted by Crippen LogP contribution is -2.26. The first-order chi connectivity index (χ1) is 13.1. The van der Waals surface area contributed by atoms with E-state index in [1.807, 2.05) is 60.7 Å². The van der Waals surface area contributed by atoms with Crippen LogP contribution in [0.1, 0.15) is 12.0 Å². The van der Waals surface area contributed by atoms with E-state index in [1.54, 1.807) is 11.0 Å². The first-order valence-corrected chi connectivity index (χ1v) is 8.52. The Morgan fingerprint density at radius 1 is 0.926 bits per heavy atom. The Labute approximate surface area is 157 Å². The number of hydrogen-bond donors (Lipinski definition) is 1. The van der Waals surface area contributed by atoms with Gasteiger partial charge in [0, 0.05) is 23.9 Å². The zero-order valence-electron chi connectivity index (χ0n) is 14.6. The van der Waals surface area contributed by atoms with Crippen molar-refractivity contribution in [2.24, 2.45) is 0 Å². The SMILES string of the molecule is Nc1ccc(CCC(=O)N(c2ccccc2)c2ccccc2)cc1[N+](=O)[O-]. The number of para-hydroxylation sites is 2. The summed E-state index contributed by atoms with van der Waals surface area (Å²) < 4.78 is 0. The molecule has 0 saturated heterocycles. The van der Waals surface area contributed by atoms with Gasteiger partial charge in [0.2, 0.25) is 5.91 Å². The van der Waals surface area contributed by atoms with Crippen LogP contribution in [-0.4, -0.2) is 10.8 Å². The van der Waals surface area contributed by atoms with Crippen molar-refractivity contribution in [3.8, 4) is 0 Å². The number of benzene rings is 3.